The smallest absolute Gasteiger partial charge is 0.352 e. The summed E-state index contributed by atoms with van der Waals surface area (Å²) in [6.45, 7) is 2.30. The summed E-state index contributed by atoms with van der Waals surface area (Å²) in [5.41, 5.74) is 0.754. The number of carbonyl (C=O) groups excluding carboxylic acids is 1. The van der Waals surface area contributed by atoms with Gasteiger partial charge in [-0.1, -0.05) is 36.4 Å². The van der Waals surface area contributed by atoms with E-state index in [0.717, 1.165) is 0 Å². The first-order valence-electron chi connectivity index (χ1n) is 7.15. The summed E-state index contributed by atoms with van der Waals surface area (Å²) in [6.07, 6.45) is 1.38. The second-order valence-electron chi connectivity index (χ2n) is 4.65. The second kappa shape index (κ2) is 7.79. The molecule has 23 heavy (non-hydrogen) atoms. The van der Waals surface area contributed by atoms with E-state index in [9.17, 15) is 14.7 Å². The number of aliphatic carboxylic acids is 1. The van der Waals surface area contributed by atoms with Crippen LogP contribution in [0.3, 0.4) is 0 Å². The summed E-state index contributed by atoms with van der Waals surface area (Å²) in [6, 6.07) is 15.5. The summed E-state index contributed by atoms with van der Waals surface area (Å²) in [4.78, 5) is 23.5. The molecule has 0 radical (unpaired) electrons. The van der Waals surface area contributed by atoms with E-state index in [4.69, 9.17) is 4.74 Å². The van der Waals surface area contributed by atoms with Crippen LogP contribution in [0.25, 0.3) is 6.08 Å². The number of amides is 1. The van der Waals surface area contributed by atoms with Gasteiger partial charge in [0, 0.05) is 11.1 Å². The van der Waals surface area contributed by atoms with Crippen molar-refractivity contribution in [3.8, 4) is 5.75 Å². The average molecular weight is 311 g/mol. The lowest BCUT2D eigenvalue weighted by atomic mass is 10.1. The third-order valence-corrected chi connectivity index (χ3v) is 3.03. The molecule has 0 spiro atoms. The Balaban J connectivity index is 2.28. The lowest BCUT2D eigenvalue weighted by molar-refractivity contribution is -0.132. The van der Waals surface area contributed by atoms with E-state index in [1.54, 1.807) is 54.6 Å². The molecule has 118 valence electrons. The van der Waals surface area contributed by atoms with Crippen molar-refractivity contribution in [1.29, 1.82) is 0 Å². The Hall–Kier alpha value is -3.08. The van der Waals surface area contributed by atoms with Gasteiger partial charge in [-0.15, -0.1) is 0 Å². The number of nitrogens with one attached hydrogen (secondary N) is 1. The van der Waals surface area contributed by atoms with Crippen LogP contribution in [-0.4, -0.2) is 23.6 Å². The van der Waals surface area contributed by atoms with Crippen LogP contribution in [0.5, 0.6) is 5.75 Å². The van der Waals surface area contributed by atoms with Crippen LogP contribution in [0.2, 0.25) is 0 Å². The van der Waals surface area contributed by atoms with Crippen LogP contribution in [0.1, 0.15) is 22.8 Å². The van der Waals surface area contributed by atoms with Crippen LogP contribution >= 0.6 is 0 Å². The minimum atomic E-state index is -1.22. The number of ether oxygens (including phenoxy) is 1. The van der Waals surface area contributed by atoms with Crippen molar-refractivity contribution in [3.05, 3.63) is 71.4 Å². The first kappa shape index (κ1) is 16.3. The molecule has 0 saturated carbocycles. The van der Waals surface area contributed by atoms with Crippen molar-refractivity contribution in [3.63, 3.8) is 0 Å². The second-order valence-corrected chi connectivity index (χ2v) is 4.65. The number of rotatable bonds is 6. The Bertz CT molecular complexity index is 723. The van der Waals surface area contributed by atoms with Gasteiger partial charge in [0.25, 0.3) is 5.91 Å². The van der Waals surface area contributed by atoms with Crippen LogP contribution < -0.4 is 10.1 Å². The van der Waals surface area contributed by atoms with Gasteiger partial charge in [0.2, 0.25) is 0 Å². The van der Waals surface area contributed by atoms with Crippen LogP contribution in [0, 0.1) is 0 Å². The van der Waals surface area contributed by atoms with E-state index in [0.29, 0.717) is 23.5 Å². The average Bonchev–Trinajstić information content (AvgIpc) is 2.56. The highest BCUT2D eigenvalue weighted by Crippen LogP contribution is 2.20. The largest absolute Gasteiger partial charge is 0.493 e. The van der Waals surface area contributed by atoms with E-state index in [-0.39, 0.29) is 5.70 Å². The van der Waals surface area contributed by atoms with Gasteiger partial charge in [0.05, 0.1) is 6.61 Å². The molecule has 0 aliphatic carbocycles. The third-order valence-electron chi connectivity index (χ3n) is 3.03. The van der Waals surface area contributed by atoms with Crippen LogP contribution in [-0.2, 0) is 4.79 Å². The highest BCUT2D eigenvalue weighted by atomic mass is 16.5. The number of carboxylic acids is 1. The van der Waals surface area contributed by atoms with Crippen molar-refractivity contribution < 1.29 is 19.4 Å². The van der Waals surface area contributed by atoms with Crippen LogP contribution in [0.4, 0.5) is 0 Å². The molecule has 5 nitrogen and oxygen atoms in total. The molecule has 0 aromatic heterocycles. The van der Waals surface area contributed by atoms with Gasteiger partial charge in [-0.3, -0.25) is 4.79 Å². The first-order chi connectivity index (χ1) is 11.1. The number of carboxylic acid groups (broad SMARTS) is 1. The molecule has 5 heteroatoms. The molecule has 0 saturated heterocycles. The number of para-hydroxylation sites is 1. The van der Waals surface area contributed by atoms with Crippen molar-refractivity contribution in [2.45, 2.75) is 6.92 Å². The van der Waals surface area contributed by atoms with Gasteiger partial charge < -0.3 is 15.2 Å². The molecular weight excluding hydrogens is 294 g/mol. The zero-order chi connectivity index (χ0) is 16.7. The lowest BCUT2D eigenvalue weighted by Gasteiger charge is -2.09. The molecule has 2 aromatic rings. The minimum Gasteiger partial charge on any atom is -0.493 e. The van der Waals surface area contributed by atoms with E-state index >= 15 is 0 Å². The minimum absolute atomic E-state index is 0.217. The van der Waals surface area contributed by atoms with Crippen molar-refractivity contribution in [1.82, 2.24) is 5.32 Å². The normalized spacial score (nSPS) is 10.9. The molecule has 0 fully saturated rings. The molecule has 2 rings (SSSR count). The molecular formula is C18H17NO4. The van der Waals surface area contributed by atoms with Gasteiger partial charge in [0.1, 0.15) is 11.4 Å². The molecule has 0 heterocycles. The zero-order valence-corrected chi connectivity index (χ0v) is 12.7. The molecule has 0 aliphatic heterocycles. The van der Waals surface area contributed by atoms with Crippen LogP contribution in [0.15, 0.2) is 60.3 Å². The van der Waals surface area contributed by atoms with E-state index < -0.39 is 11.9 Å². The first-order valence-corrected chi connectivity index (χ1v) is 7.15. The Kier molecular flexibility index (Phi) is 5.52. The van der Waals surface area contributed by atoms with Gasteiger partial charge in [-0.05, 0) is 31.2 Å². The topological polar surface area (TPSA) is 75.6 Å². The quantitative estimate of drug-likeness (QED) is 0.804. The molecule has 0 unspecified atom stereocenters. The van der Waals surface area contributed by atoms with Gasteiger partial charge >= 0.3 is 5.97 Å². The Morgan fingerprint density at radius 3 is 2.39 bits per heavy atom. The zero-order valence-electron chi connectivity index (χ0n) is 12.7. The number of hydrogen-bond donors (Lipinski definition) is 2. The Labute approximate surface area is 134 Å². The fraction of sp³-hybridized carbons (Fsp3) is 0.111. The van der Waals surface area contributed by atoms with E-state index in [2.05, 4.69) is 5.32 Å². The fourth-order valence-electron chi connectivity index (χ4n) is 1.98. The molecule has 0 atom stereocenters. The predicted octanol–water partition coefficient (Wildman–Crippen LogP) is 2.94. The monoisotopic (exact) mass is 311 g/mol. The van der Waals surface area contributed by atoms with Gasteiger partial charge in [0.15, 0.2) is 0 Å². The lowest BCUT2D eigenvalue weighted by Crippen LogP contribution is -2.27. The molecule has 2 N–H and O–H groups in total. The Morgan fingerprint density at radius 1 is 1.09 bits per heavy atom. The Morgan fingerprint density at radius 2 is 1.74 bits per heavy atom. The number of carbonyl (C=O) groups is 2. The maximum absolute atomic E-state index is 12.1. The van der Waals surface area contributed by atoms with Gasteiger partial charge in [-0.25, -0.2) is 4.79 Å². The summed E-state index contributed by atoms with van der Waals surface area (Å²) in [5.74, 6) is -1.14. The van der Waals surface area contributed by atoms with Crippen molar-refractivity contribution in [2.75, 3.05) is 6.61 Å². The van der Waals surface area contributed by atoms with Gasteiger partial charge in [-0.2, -0.15) is 0 Å². The molecule has 1 amide bonds. The van der Waals surface area contributed by atoms with Crippen molar-refractivity contribution in [2.24, 2.45) is 0 Å². The highest BCUT2D eigenvalue weighted by Gasteiger charge is 2.14. The molecule has 0 bridgehead atoms. The third kappa shape index (κ3) is 4.44. The summed E-state index contributed by atoms with van der Waals surface area (Å²) < 4.78 is 5.46. The maximum Gasteiger partial charge on any atom is 0.352 e. The fourth-order valence-corrected chi connectivity index (χ4v) is 1.98. The number of benzene rings is 2. The molecule has 0 aliphatic rings. The maximum atomic E-state index is 12.1. The summed E-state index contributed by atoms with van der Waals surface area (Å²) >= 11 is 0. The number of hydrogen-bond acceptors (Lipinski definition) is 3. The van der Waals surface area contributed by atoms with E-state index in [1.165, 1.54) is 6.08 Å². The summed E-state index contributed by atoms with van der Waals surface area (Å²) in [7, 11) is 0. The predicted molar refractivity (Wildman–Crippen MR) is 87.1 cm³/mol. The SMILES string of the molecule is CCOc1ccccc1/C=C(/NC(=O)c1ccccc1)C(=O)O. The standard InChI is InChI=1S/C18H17NO4/c1-2-23-16-11-7-6-10-14(16)12-15(18(21)22)19-17(20)13-8-4-3-5-9-13/h3-12H,2H2,1H3,(H,19,20)(H,21,22)/b15-12+. The highest BCUT2D eigenvalue weighted by molar-refractivity contribution is 6.02. The van der Waals surface area contributed by atoms with E-state index in [1.807, 2.05) is 6.92 Å². The van der Waals surface area contributed by atoms with Crippen molar-refractivity contribution >= 4 is 18.0 Å². The summed E-state index contributed by atoms with van der Waals surface area (Å²) in [5, 5.41) is 11.7. The molecule has 2 aromatic carbocycles.